The lowest BCUT2D eigenvalue weighted by atomic mass is 9.95. The summed E-state index contributed by atoms with van der Waals surface area (Å²) >= 11 is 1.56. The Kier molecular flexibility index (Phi) is 16.0. The van der Waals surface area contributed by atoms with Crippen molar-refractivity contribution in [2.75, 3.05) is 18.6 Å². The van der Waals surface area contributed by atoms with Crippen LogP contribution in [0.25, 0.3) is 0 Å². The van der Waals surface area contributed by atoms with Gasteiger partial charge in [0, 0.05) is 13.0 Å². The third-order valence-corrected chi connectivity index (χ3v) is 8.10. The number of nitrogens with one attached hydrogen (secondary N) is 2. The van der Waals surface area contributed by atoms with Crippen molar-refractivity contribution in [3.05, 3.63) is 70.8 Å². The van der Waals surface area contributed by atoms with Crippen molar-refractivity contribution in [3.63, 3.8) is 0 Å². The summed E-state index contributed by atoms with van der Waals surface area (Å²) in [5.41, 5.74) is 1.82. The van der Waals surface area contributed by atoms with E-state index >= 15 is 0 Å². The van der Waals surface area contributed by atoms with E-state index in [9.17, 15) is 19.2 Å². The first-order chi connectivity index (χ1) is 22.5. The van der Waals surface area contributed by atoms with Gasteiger partial charge in [-0.2, -0.15) is 11.8 Å². The second kappa shape index (κ2) is 18.9. The van der Waals surface area contributed by atoms with Gasteiger partial charge in [-0.1, -0.05) is 73.9 Å². The van der Waals surface area contributed by atoms with Gasteiger partial charge in [0.25, 0.3) is 0 Å². The fourth-order valence-electron chi connectivity index (χ4n) is 5.29. The fourth-order valence-corrected chi connectivity index (χ4v) is 5.76. The lowest BCUT2D eigenvalue weighted by Gasteiger charge is -2.36. The average molecular weight is 684 g/mol. The van der Waals surface area contributed by atoms with E-state index in [1.165, 1.54) is 0 Å². The van der Waals surface area contributed by atoms with Crippen molar-refractivity contribution in [2.45, 2.75) is 124 Å². The second-order valence-corrected chi connectivity index (χ2v) is 15.3. The molecular weight excluding hydrogens is 627 g/mol. The molecule has 2 N–H and O–H groups in total. The van der Waals surface area contributed by atoms with Crippen molar-refractivity contribution in [3.8, 4) is 0 Å². The molecule has 0 saturated carbocycles. The molecule has 3 atom stereocenters. The summed E-state index contributed by atoms with van der Waals surface area (Å²) < 4.78 is 11.3. The molecule has 2 rings (SSSR count). The molecule has 0 saturated heterocycles. The number of amides is 3. The molecule has 2 aromatic rings. The van der Waals surface area contributed by atoms with E-state index in [0.717, 1.165) is 29.5 Å². The largest absolute Gasteiger partial charge is 0.458 e. The van der Waals surface area contributed by atoms with E-state index < -0.39 is 47.3 Å². The van der Waals surface area contributed by atoms with Gasteiger partial charge in [0.05, 0.1) is 0 Å². The highest BCUT2D eigenvalue weighted by molar-refractivity contribution is 7.98. The standard InChI is InChI=1S/C38H57N3O6S/c1-11-12-16-22-41(34(43)30(21-23-48-10)40-36(45)47-38(7,8)9)32(29-20-19-26(2)24-27(29)3)33(42)39-31(35(44)46-37(4,5)6)25-28-17-14-13-15-18-28/h13-15,17-20,24,30-32H,11-12,16,21-23,25H2,1-10H3,(H,39,42)(H,40,45). The highest BCUT2D eigenvalue weighted by Gasteiger charge is 2.38. The maximum absolute atomic E-state index is 14.6. The molecule has 3 unspecified atom stereocenters. The number of rotatable bonds is 16. The molecule has 0 radical (unpaired) electrons. The average Bonchev–Trinajstić information content (AvgIpc) is 2.97. The van der Waals surface area contributed by atoms with E-state index in [4.69, 9.17) is 9.47 Å². The lowest BCUT2D eigenvalue weighted by molar-refractivity contribution is -0.159. The van der Waals surface area contributed by atoms with Gasteiger partial charge < -0.3 is 25.0 Å². The molecule has 10 heteroatoms. The van der Waals surface area contributed by atoms with Gasteiger partial charge in [0.2, 0.25) is 11.8 Å². The van der Waals surface area contributed by atoms with E-state index in [0.29, 0.717) is 24.2 Å². The monoisotopic (exact) mass is 683 g/mol. The van der Waals surface area contributed by atoms with Crippen LogP contribution >= 0.6 is 11.8 Å². The van der Waals surface area contributed by atoms with Crippen LogP contribution < -0.4 is 10.6 Å². The van der Waals surface area contributed by atoms with Gasteiger partial charge in [-0.25, -0.2) is 9.59 Å². The zero-order valence-corrected chi connectivity index (χ0v) is 31.4. The summed E-state index contributed by atoms with van der Waals surface area (Å²) in [4.78, 5) is 57.3. The molecular formula is C38H57N3O6S. The number of thioether (sulfide) groups is 1. The van der Waals surface area contributed by atoms with Crippen molar-refractivity contribution >= 4 is 35.6 Å². The number of esters is 1. The topological polar surface area (TPSA) is 114 Å². The number of aryl methyl sites for hydroxylation is 2. The van der Waals surface area contributed by atoms with Crippen molar-refractivity contribution < 1.29 is 28.7 Å². The van der Waals surface area contributed by atoms with Gasteiger partial charge in [-0.05, 0) is 96.9 Å². The van der Waals surface area contributed by atoms with Crippen LogP contribution in [0.2, 0.25) is 0 Å². The van der Waals surface area contributed by atoms with Crippen LogP contribution in [0.15, 0.2) is 48.5 Å². The first-order valence-electron chi connectivity index (χ1n) is 16.9. The van der Waals surface area contributed by atoms with Crippen LogP contribution in [-0.4, -0.2) is 70.6 Å². The van der Waals surface area contributed by atoms with E-state index in [-0.39, 0.29) is 18.9 Å². The lowest BCUT2D eigenvalue weighted by Crippen LogP contribution is -2.55. The van der Waals surface area contributed by atoms with Gasteiger partial charge in [0.15, 0.2) is 0 Å². The molecule has 2 aromatic carbocycles. The Morgan fingerprint density at radius 2 is 1.50 bits per heavy atom. The molecule has 0 aliphatic carbocycles. The smallest absolute Gasteiger partial charge is 0.408 e. The summed E-state index contributed by atoms with van der Waals surface area (Å²) in [6, 6.07) is 12.2. The number of ether oxygens (including phenoxy) is 2. The highest BCUT2D eigenvalue weighted by Crippen LogP contribution is 2.28. The highest BCUT2D eigenvalue weighted by atomic mass is 32.2. The van der Waals surface area contributed by atoms with Crippen molar-refractivity contribution in [1.29, 1.82) is 0 Å². The summed E-state index contributed by atoms with van der Waals surface area (Å²) in [7, 11) is 0. The molecule has 48 heavy (non-hydrogen) atoms. The first kappa shape index (κ1) is 40.6. The predicted octanol–water partition coefficient (Wildman–Crippen LogP) is 7.08. The number of unbranched alkanes of at least 4 members (excludes halogenated alkanes) is 2. The van der Waals surface area contributed by atoms with Crippen LogP contribution in [0, 0.1) is 13.8 Å². The number of hydrogen-bond acceptors (Lipinski definition) is 7. The Morgan fingerprint density at radius 1 is 0.854 bits per heavy atom. The molecule has 9 nitrogen and oxygen atoms in total. The summed E-state index contributed by atoms with van der Waals surface area (Å²) in [6.07, 6.45) is 4.19. The number of alkyl carbamates (subject to hydrolysis) is 1. The quantitative estimate of drug-likeness (QED) is 0.144. The van der Waals surface area contributed by atoms with Gasteiger partial charge in [0.1, 0.15) is 29.3 Å². The Labute approximate surface area is 292 Å². The predicted molar refractivity (Wildman–Crippen MR) is 194 cm³/mol. The Bertz CT molecular complexity index is 1350. The van der Waals surface area contributed by atoms with Gasteiger partial charge in [-0.15, -0.1) is 0 Å². The number of hydrogen-bond donors (Lipinski definition) is 2. The van der Waals surface area contributed by atoms with Crippen LogP contribution in [0.4, 0.5) is 4.79 Å². The van der Waals surface area contributed by atoms with Crippen LogP contribution in [0.1, 0.15) is 102 Å². The zero-order chi connectivity index (χ0) is 36.1. The normalized spacial score (nSPS) is 13.5. The summed E-state index contributed by atoms with van der Waals surface area (Å²) in [5.74, 6) is -0.845. The Hall–Kier alpha value is -3.53. The van der Waals surface area contributed by atoms with Crippen LogP contribution in [0.5, 0.6) is 0 Å². The van der Waals surface area contributed by atoms with Gasteiger partial charge >= 0.3 is 12.1 Å². The third-order valence-electron chi connectivity index (χ3n) is 7.46. The maximum Gasteiger partial charge on any atom is 0.408 e. The molecule has 0 aliphatic heterocycles. The van der Waals surface area contributed by atoms with Crippen LogP contribution in [0.3, 0.4) is 0 Å². The first-order valence-corrected chi connectivity index (χ1v) is 18.3. The summed E-state index contributed by atoms with van der Waals surface area (Å²) in [5, 5.41) is 5.78. The molecule has 0 heterocycles. The second-order valence-electron chi connectivity index (χ2n) is 14.3. The minimum Gasteiger partial charge on any atom is -0.458 e. The minimum absolute atomic E-state index is 0.210. The molecule has 0 spiro atoms. The van der Waals surface area contributed by atoms with Crippen molar-refractivity contribution in [1.82, 2.24) is 15.5 Å². The third kappa shape index (κ3) is 13.9. The minimum atomic E-state index is -1.08. The molecule has 0 fully saturated rings. The molecule has 3 amide bonds. The Morgan fingerprint density at radius 3 is 2.06 bits per heavy atom. The number of carbonyl (C=O) groups is 4. The molecule has 0 bridgehead atoms. The molecule has 0 aliphatic rings. The van der Waals surface area contributed by atoms with Gasteiger partial charge in [-0.3, -0.25) is 9.59 Å². The van der Waals surface area contributed by atoms with E-state index in [1.54, 1.807) is 58.2 Å². The summed E-state index contributed by atoms with van der Waals surface area (Å²) in [6.45, 7) is 16.9. The molecule has 266 valence electrons. The Balaban J connectivity index is 2.66. The van der Waals surface area contributed by atoms with Crippen molar-refractivity contribution in [2.24, 2.45) is 0 Å². The van der Waals surface area contributed by atoms with Crippen LogP contribution in [-0.2, 0) is 30.3 Å². The number of carbonyl (C=O) groups excluding carboxylic acids is 4. The SMILES string of the molecule is CCCCCN(C(=O)C(CCSC)NC(=O)OC(C)(C)C)C(C(=O)NC(Cc1ccccc1)C(=O)OC(C)(C)C)c1ccc(C)cc1C. The van der Waals surface area contributed by atoms with E-state index in [2.05, 4.69) is 17.6 Å². The maximum atomic E-state index is 14.6. The van der Waals surface area contributed by atoms with E-state index in [1.807, 2.05) is 68.6 Å². The number of nitrogens with zero attached hydrogens (tertiary/aromatic N) is 1. The molecule has 0 aromatic heterocycles. The fraction of sp³-hybridized carbons (Fsp3) is 0.579. The number of benzene rings is 2. The zero-order valence-electron chi connectivity index (χ0n) is 30.6.